The Labute approximate surface area is 111 Å². The Morgan fingerprint density at radius 1 is 1.22 bits per heavy atom. The summed E-state index contributed by atoms with van der Waals surface area (Å²) >= 11 is 0. The van der Waals surface area contributed by atoms with Crippen molar-refractivity contribution in [3.63, 3.8) is 0 Å². The minimum absolute atomic E-state index is 0.237. The molecule has 0 aromatic heterocycles. The first-order valence-electron chi connectivity index (χ1n) is 7.00. The lowest BCUT2D eigenvalue weighted by molar-refractivity contribution is 0.221. The Kier molecular flexibility index (Phi) is 4.44. The highest BCUT2D eigenvalue weighted by Crippen LogP contribution is 2.42. The topological polar surface area (TPSA) is 12.0 Å². The fraction of sp³-hybridized carbons (Fsp3) is 0.529. The van der Waals surface area contributed by atoms with Gasteiger partial charge in [0.2, 0.25) is 0 Å². The van der Waals surface area contributed by atoms with Crippen molar-refractivity contribution in [2.24, 2.45) is 0 Å². The molecule has 0 bridgehead atoms. The summed E-state index contributed by atoms with van der Waals surface area (Å²) in [6, 6.07) is 11.3. The van der Waals surface area contributed by atoms with Crippen LogP contribution in [-0.2, 0) is 5.41 Å². The molecule has 1 atom stereocenters. The van der Waals surface area contributed by atoms with Crippen LogP contribution in [0.5, 0.6) is 0 Å². The standard InChI is InChI=1S/C17H23N/c1-3-10-16(18-2)17(13-8-5-9-14-17)15-11-6-4-7-12-15/h1,4,6-7,11-12,16,18H,5,8-10,13-14H2,2H3. The molecule has 1 unspecified atom stereocenters. The summed E-state index contributed by atoms with van der Waals surface area (Å²) in [5.41, 5.74) is 1.69. The van der Waals surface area contributed by atoms with Crippen molar-refractivity contribution < 1.29 is 0 Å². The molecule has 1 aromatic carbocycles. The van der Waals surface area contributed by atoms with E-state index in [1.54, 1.807) is 0 Å². The number of terminal acetylenes is 1. The van der Waals surface area contributed by atoms with Crippen LogP contribution in [-0.4, -0.2) is 13.1 Å². The second-order valence-corrected chi connectivity index (χ2v) is 5.33. The average molecular weight is 241 g/mol. The van der Waals surface area contributed by atoms with Gasteiger partial charge in [0.1, 0.15) is 0 Å². The van der Waals surface area contributed by atoms with E-state index in [9.17, 15) is 0 Å². The molecule has 1 nitrogen and oxygen atoms in total. The van der Waals surface area contributed by atoms with Crippen LogP contribution in [0.1, 0.15) is 44.1 Å². The number of benzene rings is 1. The largest absolute Gasteiger partial charge is 0.315 e. The maximum absolute atomic E-state index is 5.56. The molecule has 1 aromatic rings. The molecule has 0 saturated heterocycles. The lowest BCUT2D eigenvalue weighted by Crippen LogP contribution is -2.48. The summed E-state index contributed by atoms with van der Waals surface area (Å²) in [4.78, 5) is 0. The molecular formula is C17H23N. The highest BCUT2D eigenvalue weighted by atomic mass is 14.9. The summed E-state index contributed by atoms with van der Waals surface area (Å²) in [7, 11) is 2.04. The first-order chi connectivity index (χ1) is 8.83. The van der Waals surface area contributed by atoms with Gasteiger partial charge in [0.25, 0.3) is 0 Å². The zero-order valence-electron chi connectivity index (χ0n) is 11.3. The smallest absolute Gasteiger partial charge is 0.0270 e. The van der Waals surface area contributed by atoms with Crippen molar-refractivity contribution in [2.75, 3.05) is 7.05 Å². The molecule has 1 aliphatic rings. The molecule has 0 heterocycles. The van der Waals surface area contributed by atoms with E-state index >= 15 is 0 Å². The van der Waals surface area contributed by atoms with Crippen molar-refractivity contribution in [3.8, 4) is 12.3 Å². The van der Waals surface area contributed by atoms with Crippen molar-refractivity contribution in [1.82, 2.24) is 5.32 Å². The van der Waals surface area contributed by atoms with Crippen LogP contribution in [0.3, 0.4) is 0 Å². The van der Waals surface area contributed by atoms with Crippen LogP contribution < -0.4 is 5.32 Å². The van der Waals surface area contributed by atoms with Crippen molar-refractivity contribution in [1.29, 1.82) is 0 Å². The second kappa shape index (κ2) is 6.07. The van der Waals surface area contributed by atoms with E-state index in [4.69, 9.17) is 6.42 Å². The molecule has 0 amide bonds. The predicted molar refractivity (Wildman–Crippen MR) is 77.5 cm³/mol. The van der Waals surface area contributed by atoms with Gasteiger partial charge < -0.3 is 5.32 Å². The van der Waals surface area contributed by atoms with Crippen molar-refractivity contribution in [2.45, 2.75) is 50.0 Å². The summed E-state index contributed by atoms with van der Waals surface area (Å²) < 4.78 is 0. The van der Waals surface area contributed by atoms with Gasteiger partial charge in [-0.3, -0.25) is 0 Å². The summed E-state index contributed by atoms with van der Waals surface area (Å²) in [5.74, 6) is 2.85. The first-order valence-corrected chi connectivity index (χ1v) is 7.00. The number of hydrogen-bond donors (Lipinski definition) is 1. The zero-order chi connectivity index (χ0) is 12.8. The van der Waals surface area contributed by atoms with Gasteiger partial charge in [-0.2, -0.15) is 0 Å². The van der Waals surface area contributed by atoms with Crippen LogP contribution >= 0.6 is 0 Å². The Morgan fingerprint density at radius 3 is 2.44 bits per heavy atom. The van der Waals surface area contributed by atoms with Crippen LogP contribution in [0, 0.1) is 12.3 Å². The van der Waals surface area contributed by atoms with Gasteiger partial charge in [0, 0.05) is 17.9 Å². The van der Waals surface area contributed by atoms with Crippen LogP contribution in [0.25, 0.3) is 0 Å². The lowest BCUT2D eigenvalue weighted by atomic mass is 9.64. The molecular weight excluding hydrogens is 218 g/mol. The second-order valence-electron chi connectivity index (χ2n) is 5.33. The van der Waals surface area contributed by atoms with E-state index in [0.717, 1.165) is 6.42 Å². The molecule has 1 N–H and O–H groups in total. The van der Waals surface area contributed by atoms with Gasteiger partial charge in [-0.1, -0.05) is 49.6 Å². The van der Waals surface area contributed by atoms with E-state index in [2.05, 4.69) is 41.6 Å². The molecule has 18 heavy (non-hydrogen) atoms. The molecule has 96 valence electrons. The summed E-state index contributed by atoms with van der Waals surface area (Å²) in [6.07, 6.45) is 12.9. The van der Waals surface area contributed by atoms with Crippen LogP contribution in [0.4, 0.5) is 0 Å². The Hall–Kier alpha value is -1.26. The maximum atomic E-state index is 5.56. The Balaban J connectivity index is 2.36. The van der Waals surface area contributed by atoms with Crippen molar-refractivity contribution >= 4 is 0 Å². The van der Waals surface area contributed by atoms with Crippen LogP contribution in [0.15, 0.2) is 30.3 Å². The Morgan fingerprint density at radius 2 is 1.89 bits per heavy atom. The number of rotatable bonds is 4. The zero-order valence-corrected chi connectivity index (χ0v) is 11.3. The fourth-order valence-corrected chi connectivity index (χ4v) is 3.48. The van der Waals surface area contributed by atoms with Gasteiger partial charge in [-0.15, -0.1) is 12.3 Å². The number of nitrogens with one attached hydrogen (secondary N) is 1. The molecule has 0 aliphatic heterocycles. The van der Waals surface area contributed by atoms with Gasteiger partial charge in [0.05, 0.1) is 0 Å². The molecule has 1 saturated carbocycles. The fourth-order valence-electron chi connectivity index (χ4n) is 3.48. The minimum Gasteiger partial charge on any atom is -0.315 e. The molecule has 2 rings (SSSR count). The van der Waals surface area contributed by atoms with E-state index in [-0.39, 0.29) is 5.41 Å². The quantitative estimate of drug-likeness (QED) is 0.796. The molecule has 0 radical (unpaired) electrons. The molecule has 1 aliphatic carbocycles. The van der Waals surface area contributed by atoms with Gasteiger partial charge in [-0.25, -0.2) is 0 Å². The monoisotopic (exact) mass is 241 g/mol. The average Bonchev–Trinajstić information content (AvgIpc) is 2.46. The molecule has 1 heteroatoms. The predicted octanol–water partition coefficient (Wildman–Crippen LogP) is 3.50. The van der Waals surface area contributed by atoms with Gasteiger partial charge in [0.15, 0.2) is 0 Å². The molecule has 1 fully saturated rings. The van der Waals surface area contributed by atoms with Crippen molar-refractivity contribution in [3.05, 3.63) is 35.9 Å². The van der Waals surface area contributed by atoms with Crippen LogP contribution in [0.2, 0.25) is 0 Å². The highest BCUT2D eigenvalue weighted by molar-refractivity contribution is 5.29. The van der Waals surface area contributed by atoms with Gasteiger partial charge >= 0.3 is 0 Å². The first kappa shape index (κ1) is 13.2. The summed E-state index contributed by atoms with van der Waals surface area (Å²) in [6.45, 7) is 0. The highest BCUT2D eigenvalue weighted by Gasteiger charge is 2.39. The Bertz CT molecular complexity index is 395. The third-order valence-corrected chi connectivity index (χ3v) is 4.43. The van der Waals surface area contributed by atoms with E-state index in [0.29, 0.717) is 6.04 Å². The number of likely N-dealkylation sites (N-methyl/N-ethyl adjacent to an activating group) is 1. The third-order valence-electron chi connectivity index (χ3n) is 4.43. The normalized spacial score (nSPS) is 20.0. The maximum Gasteiger partial charge on any atom is 0.0270 e. The SMILES string of the molecule is C#CCC(NC)C1(c2ccccc2)CCCCC1. The van der Waals surface area contributed by atoms with E-state index in [1.807, 2.05) is 7.05 Å². The van der Waals surface area contributed by atoms with Gasteiger partial charge in [-0.05, 0) is 25.5 Å². The minimum atomic E-state index is 0.237. The lowest BCUT2D eigenvalue weighted by Gasteiger charge is -2.43. The van der Waals surface area contributed by atoms with E-state index in [1.165, 1.54) is 37.7 Å². The number of hydrogen-bond acceptors (Lipinski definition) is 1. The summed E-state index contributed by atoms with van der Waals surface area (Å²) in [5, 5.41) is 3.47. The third kappa shape index (κ3) is 2.44. The van der Waals surface area contributed by atoms with E-state index < -0.39 is 0 Å². The molecule has 0 spiro atoms.